The summed E-state index contributed by atoms with van der Waals surface area (Å²) in [6, 6.07) is 7.29. The molecule has 1 atom stereocenters. The van der Waals surface area contributed by atoms with Crippen LogP contribution in [0, 0.1) is 5.82 Å². The molecule has 2 aromatic rings. The summed E-state index contributed by atoms with van der Waals surface area (Å²) in [6.07, 6.45) is -3.10. The van der Waals surface area contributed by atoms with Crippen LogP contribution in [-0.4, -0.2) is 50.8 Å². The van der Waals surface area contributed by atoms with Crippen LogP contribution in [0.4, 0.5) is 23.2 Å². The number of benzene rings is 2. The van der Waals surface area contributed by atoms with Crippen molar-refractivity contribution in [1.29, 1.82) is 0 Å². The number of fused-ring (bicyclic) bond motifs is 1. The standard InChI is InChI=1S/C21H22F4N2O4S/c22-19-11-16(21(23,24)25)4-6-20(19)26-7-9-27(10-8-26)32(29,30)17-5-3-14-1-2-15(13-31-28)18(14)12-17/h3-6,11-12,15,28H,1-2,7-10,13H2. The van der Waals surface area contributed by atoms with Gasteiger partial charge in [-0.25, -0.2) is 17.7 Å². The minimum atomic E-state index is -4.63. The van der Waals surface area contributed by atoms with E-state index in [9.17, 15) is 26.0 Å². The number of nitrogens with zero attached hydrogens (tertiary/aromatic N) is 2. The summed E-state index contributed by atoms with van der Waals surface area (Å²) >= 11 is 0. The highest BCUT2D eigenvalue weighted by molar-refractivity contribution is 7.89. The van der Waals surface area contributed by atoms with Crippen LogP contribution in [-0.2, 0) is 27.5 Å². The van der Waals surface area contributed by atoms with Gasteiger partial charge >= 0.3 is 6.18 Å². The first-order chi connectivity index (χ1) is 15.1. The van der Waals surface area contributed by atoms with Crippen molar-refractivity contribution >= 4 is 15.7 Å². The van der Waals surface area contributed by atoms with Gasteiger partial charge in [-0.15, -0.1) is 0 Å². The molecule has 0 radical (unpaired) electrons. The molecule has 0 amide bonds. The van der Waals surface area contributed by atoms with Gasteiger partial charge in [-0.3, -0.25) is 5.26 Å². The highest BCUT2D eigenvalue weighted by atomic mass is 32.2. The molecule has 1 saturated heterocycles. The molecule has 1 aliphatic carbocycles. The second-order valence-electron chi connectivity index (χ2n) is 7.95. The number of sulfonamides is 1. The molecule has 2 aromatic carbocycles. The van der Waals surface area contributed by atoms with Crippen LogP contribution in [0.2, 0.25) is 0 Å². The second kappa shape index (κ2) is 8.62. The fourth-order valence-corrected chi connectivity index (χ4v) is 5.81. The average molecular weight is 474 g/mol. The monoisotopic (exact) mass is 474 g/mol. The van der Waals surface area contributed by atoms with Crippen molar-refractivity contribution < 1.29 is 36.1 Å². The number of hydrogen-bond acceptors (Lipinski definition) is 5. The van der Waals surface area contributed by atoms with Crippen molar-refractivity contribution in [2.75, 3.05) is 37.7 Å². The zero-order chi connectivity index (χ0) is 23.1. The van der Waals surface area contributed by atoms with E-state index in [4.69, 9.17) is 5.26 Å². The molecule has 2 aliphatic rings. The van der Waals surface area contributed by atoms with Crippen LogP contribution in [0.3, 0.4) is 0 Å². The van der Waals surface area contributed by atoms with Gasteiger partial charge in [0.15, 0.2) is 0 Å². The maximum atomic E-state index is 14.3. The molecule has 0 spiro atoms. The van der Waals surface area contributed by atoms with Gasteiger partial charge in [0.05, 0.1) is 22.8 Å². The van der Waals surface area contributed by atoms with E-state index in [1.807, 2.05) is 0 Å². The third-order valence-electron chi connectivity index (χ3n) is 6.09. The Morgan fingerprint density at radius 2 is 1.78 bits per heavy atom. The average Bonchev–Trinajstić information content (AvgIpc) is 3.16. The first-order valence-corrected chi connectivity index (χ1v) is 11.6. The lowest BCUT2D eigenvalue weighted by molar-refractivity contribution is -0.245. The van der Waals surface area contributed by atoms with Crippen LogP contribution in [0.5, 0.6) is 0 Å². The Hall–Kier alpha value is -2.21. The summed E-state index contributed by atoms with van der Waals surface area (Å²) in [4.78, 5) is 5.93. The molecule has 6 nitrogen and oxygen atoms in total. The molecule has 1 heterocycles. The van der Waals surface area contributed by atoms with E-state index in [1.165, 1.54) is 4.31 Å². The van der Waals surface area contributed by atoms with E-state index in [0.717, 1.165) is 36.1 Å². The van der Waals surface area contributed by atoms with E-state index >= 15 is 0 Å². The van der Waals surface area contributed by atoms with Crippen LogP contribution >= 0.6 is 0 Å². The maximum Gasteiger partial charge on any atom is 0.416 e. The fraction of sp³-hybridized carbons (Fsp3) is 0.429. The minimum Gasteiger partial charge on any atom is -0.367 e. The molecule has 1 aliphatic heterocycles. The number of hydrogen-bond donors (Lipinski definition) is 1. The molecule has 1 N–H and O–H groups in total. The number of halogens is 4. The van der Waals surface area contributed by atoms with Gasteiger partial charge in [0.1, 0.15) is 5.82 Å². The number of alkyl halides is 3. The zero-order valence-electron chi connectivity index (χ0n) is 17.0. The molecule has 0 saturated carbocycles. The van der Waals surface area contributed by atoms with Crippen LogP contribution < -0.4 is 4.90 Å². The molecule has 1 unspecified atom stereocenters. The Morgan fingerprint density at radius 1 is 1.06 bits per heavy atom. The molecular weight excluding hydrogens is 452 g/mol. The predicted octanol–water partition coefficient (Wildman–Crippen LogP) is 3.87. The SMILES string of the molecule is O=S(=O)(c1ccc2c(c1)C(COO)CC2)N1CCN(c2ccc(C(F)(F)F)cc2F)CC1. The summed E-state index contributed by atoms with van der Waals surface area (Å²) in [5, 5.41) is 8.76. The van der Waals surface area contributed by atoms with Gasteiger partial charge in [-0.1, -0.05) is 6.07 Å². The van der Waals surface area contributed by atoms with Crippen LogP contribution in [0.25, 0.3) is 0 Å². The zero-order valence-corrected chi connectivity index (χ0v) is 17.8. The van der Waals surface area contributed by atoms with Gasteiger partial charge in [0, 0.05) is 32.1 Å². The largest absolute Gasteiger partial charge is 0.416 e. The summed E-state index contributed by atoms with van der Waals surface area (Å²) in [7, 11) is -3.80. The number of piperazine rings is 1. The Balaban J connectivity index is 1.48. The quantitative estimate of drug-likeness (QED) is 0.405. The lowest BCUT2D eigenvalue weighted by atomic mass is 10.0. The van der Waals surface area contributed by atoms with E-state index < -0.39 is 27.6 Å². The first-order valence-electron chi connectivity index (χ1n) is 10.1. The van der Waals surface area contributed by atoms with Crippen molar-refractivity contribution in [3.8, 4) is 0 Å². The summed E-state index contributed by atoms with van der Waals surface area (Å²) in [6.45, 7) is 0.529. The minimum absolute atomic E-state index is 0.0134. The summed E-state index contributed by atoms with van der Waals surface area (Å²) in [5.74, 6) is -1.07. The Bertz CT molecular complexity index is 1100. The third kappa shape index (κ3) is 4.34. The third-order valence-corrected chi connectivity index (χ3v) is 7.98. The predicted molar refractivity (Wildman–Crippen MR) is 108 cm³/mol. The van der Waals surface area contributed by atoms with Gasteiger partial charge in [0.2, 0.25) is 10.0 Å². The summed E-state index contributed by atoms with van der Waals surface area (Å²) < 4.78 is 80.2. The number of rotatable bonds is 5. The molecule has 32 heavy (non-hydrogen) atoms. The Morgan fingerprint density at radius 3 is 2.41 bits per heavy atom. The lowest BCUT2D eigenvalue weighted by Gasteiger charge is -2.35. The molecule has 11 heteroatoms. The highest BCUT2D eigenvalue weighted by Gasteiger charge is 2.34. The van der Waals surface area contributed by atoms with Crippen molar-refractivity contribution in [1.82, 2.24) is 4.31 Å². The second-order valence-corrected chi connectivity index (χ2v) is 9.89. The molecule has 1 fully saturated rings. The molecule has 174 valence electrons. The van der Waals surface area contributed by atoms with Gasteiger partial charge in [-0.05, 0) is 54.3 Å². The van der Waals surface area contributed by atoms with Crippen LogP contribution in [0.1, 0.15) is 29.0 Å². The van der Waals surface area contributed by atoms with Crippen molar-refractivity contribution in [2.45, 2.75) is 29.8 Å². The van der Waals surface area contributed by atoms with Gasteiger partial charge in [0.25, 0.3) is 0 Å². The van der Waals surface area contributed by atoms with Crippen molar-refractivity contribution in [3.63, 3.8) is 0 Å². The molecule has 4 rings (SSSR count). The molecule has 0 aromatic heterocycles. The maximum absolute atomic E-state index is 14.3. The van der Waals surface area contributed by atoms with E-state index in [-0.39, 0.29) is 49.3 Å². The summed E-state index contributed by atoms with van der Waals surface area (Å²) in [5.41, 5.74) is 0.806. The topological polar surface area (TPSA) is 70.1 Å². The van der Waals surface area contributed by atoms with Crippen molar-refractivity contribution in [2.24, 2.45) is 0 Å². The first kappa shape index (κ1) is 23.0. The fourth-order valence-electron chi connectivity index (χ4n) is 4.35. The molecule has 0 bridgehead atoms. The van der Waals surface area contributed by atoms with Gasteiger partial charge in [-0.2, -0.15) is 17.5 Å². The molecular formula is C21H22F4N2O4S. The number of anilines is 1. The van der Waals surface area contributed by atoms with E-state index in [0.29, 0.717) is 6.07 Å². The highest BCUT2D eigenvalue weighted by Crippen LogP contribution is 2.36. The van der Waals surface area contributed by atoms with Crippen molar-refractivity contribution in [3.05, 3.63) is 58.9 Å². The Labute approximate surface area is 183 Å². The van der Waals surface area contributed by atoms with E-state index in [1.54, 1.807) is 23.1 Å². The smallest absolute Gasteiger partial charge is 0.367 e. The van der Waals surface area contributed by atoms with E-state index in [2.05, 4.69) is 4.89 Å². The van der Waals surface area contributed by atoms with Crippen LogP contribution in [0.15, 0.2) is 41.3 Å². The van der Waals surface area contributed by atoms with Gasteiger partial charge < -0.3 is 4.90 Å². The lowest BCUT2D eigenvalue weighted by Crippen LogP contribution is -2.49. The Kier molecular flexibility index (Phi) is 6.19. The number of aryl methyl sites for hydroxylation is 1. The normalized spacial score (nSPS) is 19.9.